The van der Waals surface area contributed by atoms with E-state index in [0.717, 1.165) is 32.4 Å². The molecule has 2 aliphatic heterocycles. The quantitative estimate of drug-likeness (QED) is 0.831. The van der Waals surface area contributed by atoms with Gasteiger partial charge in [-0.15, -0.1) is 0 Å². The fourth-order valence-electron chi connectivity index (χ4n) is 3.20. The second-order valence-electron chi connectivity index (χ2n) is 5.95. The summed E-state index contributed by atoms with van der Waals surface area (Å²) in [5, 5.41) is 0. The highest BCUT2D eigenvalue weighted by Gasteiger charge is 2.44. The van der Waals surface area contributed by atoms with E-state index in [9.17, 15) is 4.79 Å². The number of rotatable bonds is 3. The Labute approximate surface area is 110 Å². The summed E-state index contributed by atoms with van der Waals surface area (Å²) in [4.78, 5) is 14.6. The zero-order valence-electron chi connectivity index (χ0n) is 11.7. The van der Waals surface area contributed by atoms with E-state index in [2.05, 4.69) is 13.8 Å². The minimum absolute atomic E-state index is 0.148. The molecule has 0 unspecified atom stereocenters. The maximum absolute atomic E-state index is 12.6. The lowest BCUT2D eigenvalue weighted by Gasteiger charge is -2.36. The fourth-order valence-corrected chi connectivity index (χ4v) is 3.20. The van der Waals surface area contributed by atoms with Gasteiger partial charge >= 0.3 is 0 Å². The van der Waals surface area contributed by atoms with Crippen LogP contribution in [0.15, 0.2) is 0 Å². The predicted molar refractivity (Wildman–Crippen MR) is 71.2 cm³/mol. The van der Waals surface area contributed by atoms with E-state index >= 15 is 0 Å². The van der Waals surface area contributed by atoms with Crippen molar-refractivity contribution in [3.8, 4) is 0 Å². The number of ether oxygens (including phenoxy) is 1. The third-order valence-electron chi connectivity index (χ3n) is 5.04. The molecule has 4 nitrogen and oxygen atoms in total. The first-order chi connectivity index (χ1) is 8.55. The van der Waals surface area contributed by atoms with E-state index in [-0.39, 0.29) is 5.91 Å². The van der Waals surface area contributed by atoms with Crippen molar-refractivity contribution in [2.75, 3.05) is 26.3 Å². The Morgan fingerprint density at radius 1 is 1.22 bits per heavy atom. The van der Waals surface area contributed by atoms with Crippen LogP contribution in [0.1, 0.15) is 46.0 Å². The summed E-state index contributed by atoms with van der Waals surface area (Å²) in [5.74, 6) is 0.148. The molecule has 18 heavy (non-hydrogen) atoms. The average molecular weight is 254 g/mol. The molecular formula is C14H26N2O2. The van der Waals surface area contributed by atoms with E-state index in [4.69, 9.17) is 10.5 Å². The summed E-state index contributed by atoms with van der Waals surface area (Å²) in [5.41, 5.74) is 5.94. The van der Waals surface area contributed by atoms with Gasteiger partial charge in [0.1, 0.15) is 0 Å². The molecule has 2 aliphatic rings. The van der Waals surface area contributed by atoms with Gasteiger partial charge in [-0.3, -0.25) is 4.79 Å². The number of carbonyl (C=O) groups is 1. The average Bonchev–Trinajstić information content (AvgIpc) is 2.84. The number of amides is 1. The number of hydrogen-bond donors (Lipinski definition) is 1. The molecule has 2 heterocycles. The molecule has 4 heteroatoms. The molecule has 2 rings (SSSR count). The van der Waals surface area contributed by atoms with Crippen molar-refractivity contribution in [1.29, 1.82) is 0 Å². The normalized spacial score (nSPS) is 26.3. The summed E-state index contributed by atoms with van der Waals surface area (Å²) in [6.45, 7) is 7.44. The third-order valence-corrected chi connectivity index (χ3v) is 5.04. The largest absolute Gasteiger partial charge is 0.381 e. The maximum atomic E-state index is 12.6. The van der Waals surface area contributed by atoms with Gasteiger partial charge in [-0.25, -0.2) is 0 Å². The van der Waals surface area contributed by atoms with Gasteiger partial charge in [0, 0.05) is 26.3 Å². The molecule has 0 aromatic rings. The molecule has 0 aliphatic carbocycles. The highest BCUT2D eigenvalue weighted by atomic mass is 16.5. The number of nitrogens with zero attached hydrogens (tertiary/aromatic N) is 1. The van der Waals surface area contributed by atoms with Crippen molar-refractivity contribution in [3.63, 3.8) is 0 Å². The van der Waals surface area contributed by atoms with Crippen LogP contribution in [0.3, 0.4) is 0 Å². The number of nitrogens with two attached hydrogens (primary N) is 1. The van der Waals surface area contributed by atoms with Gasteiger partial charge in [-0.05, 0) is 37.5 Å². The van der Waals surface area contributed by atoms with E-state index in [0.29, 0.717) is 31.5 Å². The van der Waals surface area contributed by atoms with Crippen LogP contribution in [0.25, 0.3) is 0 Å². The lowest BCUT2D eigenvalue weighted by Crippen LogP contribution is -2.57. The van der Waals surface area contributed by atoms with Crippen LogP contribution >= 0.6 is 0 Å². The maximum Gasteiger partial charge on any atom is 0.242 e. The number of hydrogen-bond acceptors (Lipinski definition) is 3. The second-order valence-corrected chi connectivity index (χ2v) is 5.95. The summed E-state index contributed by atoms with van der Waals surface area (Å²) in [7, 11) is 0. The minimum atomic E-state index is -0.671. The molecule has 0 saturated carbocycles. The van der Waals surface area contributed by atoms with Crippen molar-refractivity contribution < 1.29 is 9.53 Å². The van der Waals surface area contributed by atoms with Crippen molar-refractivity contribution >= 4 is 5.91 Å². The van der Waals surface area contributed by atoms with Crippen LogP contribution in [-0.4, -0.2) is 42.6 Å². The molecule has 104 valence electrons. The molecule has 2 N–H and O–H groups in total. The van der Waals surface area contributed by atoms with Gasteiger partial charge < -0.3 is 15.4 Å². The first-order valence-electron chi connectivity index (χ1n) is 7.21. The standard InChI is InChI=1S/C14H26N2O2/c1-3-13(4-2)5-8-16(11-13)12(17)14(15)6-9-18-10-7-14/h3-11,15H2,1-2H3. The smallest absolute Gasteiger partial charge is 0.242 e. The van der Waals surface area contributed by atoms with E-state index in [1.165, 1.54) is 0 Å². The zero-order valence-corrected chi connectivity index (χ0v) is 11.7. The van der Waals surface area contributed by atoms with Crippen molar-refractivity contribution in [2.45, 2.75) is 51.5 Å². The summed E-state index contributed by atoms with van der Waals surface area (Å²) < 4.78 is 5.31. The predicted octanol–water partition coefficient (Wildman–Crippen LogP) is 1.53. The SMILES string of the molecule is CCC1(CC)CCN(C(=O)C2(N)CCOCC2)C1. The first-order valence-corrected chi connectivity index (χ1v) is 7.21. The second kappa shape index (κ2) is 5.17. The van der Waals surface area contributed by atoms with Gasteiger partial charge in [0.25, 0.3) is 0 Å². The van der Waals surface area contributed by atoms with Crippen molar-refractivity contribution in [2.24, 2.45) is 11.1 Å². The number of carbonyl (C=O) groups excluding carboxylic acids is 1. The summed E-state index contributed by atoms with van der Waals surface area (Å²) in [6, 6.07) is 0. The Morgan fingerprint density at radius 2 is 1.83 bits per heavy atom. The van der Waals surface area contributed by atoms with Gasteiger partial charge in [0.15, 0.2) is 0 Å². The van der Waals surface area contributed by atoms with E-state index in [1.54, 1.807) is 0 Å². The Kier molecular flexibility index (Phi) is 3.97. The number of likely N-dealkylation sites (tertiary alicyclic amines) is 1. The van der Waals surface area contributed by atoms with Crippen LogP contribution in [0.5, 0.6) is 0 Å². The molecule has 0 bridgehead atoms. The van der Waals surface area contributed by atoms with Crippen LogP contribution in [0.2, 0.25) is 0 Å². The van der Waals surface area contributed by atoms with Crippen molar-refractivity contribution in [3.05, 3.63) is 0 Å². The molecule has 2 fully saturated rings. The van der Waals surface area contributed by atoms with Crippen LogP contribution in [0, 0.1) is 5.41 Å². The third kappa shape index (κ3) is 2.41. The molecule has 0 atom stereocenters. The summed E-state index contributed by atoms with van der Waals surface area (Å²) in [6.07, 6.45) is 4.74. The lowest BCUT2D eigenvalue weighted by molar-refractivity contribution is -0.139. The van der Waals surface area contributed by atoms with E-state index in [1.807, 2.05) is 4.90 Å². The minimum Gasteiger partial charge on any atom is -0.381 e. The lowest BCUT2D eigenvalue weighted by atomic mass is 9.82. The first kappa shape index (κ1) is 13.8. The zero-order chi connectivity index (χ0) is 13.2. The Balaban J connectivity index is 2.02. The van der Waals surface area contributed by atoms with Gasteiger partial charge in [-0.1, -0.05) is 13.8 Å². The summed E-state index contributed by atoms with van der Waals surface area (Å²) >= 11 is 0. The Hall–Kier alpha value is -0.610. The monoisotopic (exact) mass is 254 g/mol. The molecule has 1 amide bonds. The molecule has 0 spiro atoms. The molecule has 2 saturated heterocycles. The molecule has 0 aromatic heterocycles. The Bertz CT molecular complexity index is 307. The molecule has 0 aromatic carbocycles. The van der Waals surface area contributed by atoms with Crippen LogP contribution in [-0.2, 0) is 9.53 Å². The van der Waals surface area contributed by atoms with E-state index < -0.39 is 5.54 Å². The van der Waals surface area contributed by atoms with Crippen molar-refractivity contribution in [1.82, 2.24) is 4.90 Å². The highest BCUT2D eigenvalue weighted by Crippen LogP contribution is 2.38. The highest BCUT2D eigenvalue weighted by molar-refractivity contribution is 5.86. The van der Waals surface area contributed by atoms with Gasteiger partial charge in [-0.2, -0.15) is 0 Å². The van der Waals surface area contributed by atoms with Crippen LogP contribution < -0.4 is 5.73 Å². The van der Waals surface area contributed by atoms with Crippen LogP contribution in [0.4, 0.5) is 0 Å². The Morgan fingerprint density at radius 3 is 2.33 bits per heavy atom. The molecular weight excluding hydrogens is 228 g/mol. The van der Waals surface area contributed by atoms with Gasteiger partial charge in [0.2, 0.25) is 5.91 Å². The molecule has 0 radical (unpaired) electrons. The topological polar surface area (TPSA) is 55.6 Å². The van der Waals surface area contributed by atoms with Gasteiger partial charge in [0.05, 0.1) is 5.54 Å². The fraction of sp³-hybridized carbons (Fsp3) is 0.929.